The summed E-state index contributed by atoms with van der Waals surface area (Å²) in [5, 5.41) is 0.297. The van der Waals surface area contributed by atoms with Gasteiger partial charge in [0.15, 0.2) is 5.58 Å². The van der Waals surface area contributed by atoms with Gasteiger partial charge in [-0.2, -0.15) is 0 Å². The van der Waals surface area contributed by atoms with Gasteiger partial charge in [0, 0.05) is 5.56 Å². The van der Waals surface area contributed by atoms with Gasteiger partial charge in [0.25, 0.3) is 0 Å². The molecule has 0 radical (unpaired) electrons. The average Bonchev–Trinajstić information content (AvgIpc) is 2.46. The van der Waals surface area contributed by atoms with Crippen LogP contribution in [-0.4, -0.2) is 11.3 Å². The van der Waals surface area contributed by atoms with Crippen molar-refractivity contribution in [1.82, 2.24) is 4.98 Å². The van der Waals surface area contributed by atoms with Crippen molar-refractivity contribution in [1.29, 1.82) is 0 Å². The highest BCUT2D eigenvalue weighted by Crippen LogP contribution is 2.21. The number of aromatic nitrogens is 1. The first-order valence-corrected chi connectivity index (χ1v) is 3.86. The lowest BCUT2D eigenvalue weighted by Gasteiger charge is -1.92. The third kappa shape index (κ3) is 1.25. The van der Waals surface area contributed by atoms with Gasteiger partial charge >= 0.3 is 5.76 Å². The first kappa shape index (κ1) is 8.07. The van der Waals surface area contributed by atoms with Gasteiger partial charge in [0.05, 0.1) is 5.02 Å². The van der Waals surface area contributed by atoms with Gasteiger partial charge in [-0.1, -0.05) is 11.6 Å². The summed E-state index contributed by atoms with van der Waals surface area (Å²) in [5.41, 5.74) is 1.08. The summed E-state index contributed by atoms with van der Waals surface area (Å²) in [6.45, 7) is 0. The van der Waals surface area contributed by atoms with Gasteiger partial charge in [-0.25, -0.2) is 4.79 Å². The highest BCUT2D eigenvalue weighted by molar-refractivity contribution is 6.35. The Bertz CT molecular complexity index is 526. The molecular weight excluding hydrogens is 194 g/mol. The molecule has 1 aromatic carbocycles. The number of carbonyl (C=O) groups excluding carboxylic acids is 1. The van der Waals surface area contributed by atoms with Crippen molar-refractivity contribution in [2.24, 2.45) is 0 Å². The fourth-order valence-corrected chi connectivity index (χ4v) is 1.37. The van der Waals surface area contributed by atoms with E-state index < -0.39 is 5.76 Å². The third-order valence-electron chi connectivity index (χ3n) is 1.64. The molecule has 0 aliphatic carbocycles. The first-order chi connectivity index (χ1) is 6.20. The van der Waals surface area contributed by atoms with Crippen molar-refractivity contribution in [2.45, 2.75) is 0 Å². The Kier molecular flexibility index (Phi) is 1.70. The van der Waals surface area contributed by atoms with E-state index in [-0.39, 0.29) is 0 Å². The molecule has 2 aromatic rings. The lowest BCUT2D eigenvalue weighted by Crippen LogP contribution is -1.93. The Labute approximate surface area is 77.1 Å². The Morgan fingerprint density at radius 1 is 1.46 bits per heavy atom. The Morgan fingerprint density at radius 2 is 2.23 bits per heavy atom. The van der Waals surface area contributed by atoms with Crippen LogP contribution in [0, 0.1) is 0 Å². The quantitative estimate of drug-likeness (QED) is 0.706. The number of benzene rings is 1. The molecule has 0 bridgehead atoms. The van der Waals surface area contributed by atoms with Gasteiger partial charge in [0.2, 0.25) is 0 Å². The van der Waals surface area contributed by atoms with Crippen LogP contribution >= 0.6 is 11.6 Å². The summed E-state index contributed by atoms with van der Waals surface area (Å²) in [7, 11) is 0. The van der Waals surface area contributed by atoms with Crippen LogP contribution in [0.5, 0.6) is 0 Å². The fraction of sp³-hybridized carbons (Fsp3) is 0. The standard InChI is InChI=1S/C8H4ClNO3/c9-5-1-4(3-11)2-6-7(5)10-8(12)13-6/h1-3H,(H,10,12). The van der Waals surface area contributed by atoms with Crippen LogP contribution in [0.2, 0.25) is 5.02 Å². The van der Waals surface area contributed by atoms with Crippen LogP contribution in [0.25, 0.3) is 11.1 Å². The molecular formula is C8H4ClNO3. The summed E-state index contributed by atoms with van der Waals surface area (Å²) in [6.07, 6.45) is 0.637. The minimum Gasteiger partial charge on any atom is -0.408 e. The second-order valence-corrected chi connectivity index (χ2v) is 2.92. The predicted octanol–water partition coefficient (Wildman–Crippen LogP) is 1.59. The second kappa shape index (κ2) is 2.74. The number of nitrogens with one attached hydrogen (secondary N) is 1. The minimum atomic E-state index is -0.583. The normalized spacial score (nSPS) is 10.5. The van der Waals surface area contributed by atoms with Crippen LogP contribution in [0.4, 0.5) is 0 Å². The molecule has 2 rings (SSSR count). The Hall–Kier alpha value is -1.55. The number of fused-ring (bicyclic) bond motifs is 1. The van der Waals surface area contributed by atoms with E-state index in [1.807, 2.05) is 0 Å². The van der Waals surface area contributed by atoms with Crippen LogP contribution in [-0.2, 0) is 0 Å². The maximum atomic E-state index is 10.8. The van der Waals surface area contributed by atoms with E-state index in [1.54, 1.807) is 0 Å². The number of aromatic amines is 1. The van der Waals surface area contributed by atoms with E-state index in [2.05, 4.69) is 4.98 Å². The molecule has 13 heavy (non-hydrogen) atoms. The molecule has 0 aliphatic heterocycles. The molecule has 0 saturated carbocycles. The highest BCUT2D eigenvalue weighted by atomic mass is 35.5. The zero-order valence-electron chi connectivity index (χ0n) is 6.33. The first-order valence-electron chi connectivity index (χ1n) is 3.48. The average molecular weight is 198 g/mol. The Balaban J connectivity index is 2.90. The summed E-state index contributed by atoms with van der Waals surface area (Å²) in [5.74, 6) is -0.583. The number of hydrogen-bond donors (Lipinski definition) is 1. The van der Waals surface area contributed by atoms with Crippen molar-refractivity contribution < 1.29 is 9.21 Å². The predicted molar refractivity (Wildman–Crippen MR) is 47.2 cm³/mol. The second-order valence-electron chi connectivity index (χ2n) is 2.51. The minimum absolute atomic E-state index is 0.291. The van der Waals surface area contributed by atoms with E-state index in [0.29, 0.717) is 28.0 Å². The fourth-order valence-electron chi connectivity index (χ4n) is 1.10. The van der Waals surface area contributed by atoms with Gasteiger partial charge in [-0.15, -0.1) is 0 Å². The molecule has 1 heterocycles. The number of hydrogen-bond acceptors (Lipinski definition) is 3. The molecule has 0 fully saturated rings. The lowest BCUT2D eigenvalue weighted by atomic mass is 10.2. The zero-order chi connectivity index (χ0) is 9.42. The smallest absolute Gasteiger partial charge is 0.408 e. The molecule has 66 valence electrons. The topological polar surface area (TPSA) is 63.1 Å². The summed E-state index contributed by atoms with van der Waals surface area (Å²) in [4.78, 5) is 23.6. The molecule has 4 nitrogen and oxygen atoms in total. The van der Waals surface area contributed by atoms with E-state index in [1.165, 1.54) is 12.1 Å². The number of halogens is 1. The molecule has 0 amide bonds. The lowest BCUT2D eigenvalue weighted by molar-refractivity contribution is 0.112. The van der Waals surface area contributed by atoms with Crippen LogP contribution in [0.15, 0.2) is 21.3 Å². The van der Waals surface area contributed by atoms with E-state index >= 15 is 0 Å². The van der Waals surface area contributed by atoms with Crippen molar-refractivity contribution in [2.75, 3.05) is 0 Å². The number of aldehydes is 1. The molecule has 0 atom stereocenters. The van der Waals surface area contributed by atoms with Crippen LogP contribution < -0.4 is 5.76 Å². The molecule has 5 heteroatoms. The van der Waals surface area contributed by atoms with Crippen LogP contribution in [0.3, 0.4) is 0 Å². The number of H-pyrrole nitrogens is 1. The van der Waals surface area contributed by atoms with E-state index in [4.69, 9.17) is 16.0 Å². The molecule has 1 aromatic heterocycles. The molecule has 0 aliphatic rings. The van der Waals surface area contributed by atoms with Gasteiger partial charge in [-0.05, 0) is 12.1 Å². The Morgan fingerprint density at radius 3 is 2.92 bits per heavy atom. The summed E-state index contributed by atoms with van der Waals surface area (Å²) >= 11 is 5.77. The summed E-state index contributed by atoms with van der Waals surface area (Å²) in [6, 6.07) is 2.91. The number of carbonyl (C=O) groups is 1. The van der Waals surface area contributed by atoms with E-state index in [0.717, 1.165) is 0 Å². The van der Waals surface area contributed by atoms with Crippen LogP contribution in [0.1, 0.15) is 10.4 Å². The maximum absolute atomic E-state index is 10.8. The van der Waals surface area contributed by atoms with Crippen molar-refractivity contribution in [3.05, 3.63) is 33.3 Å². The number of rotatable bonds is 1. The maximum Gasteiger partial charge on any atom is 0.417 e. The largest absolute Gasteiger partial charge is 0.417 e. The third-order valence-corrected chi connectivity index (χ3v) is 1.94. The molecule has 0 saturated heterocycles. The van der Waals surface area contributed by atoms with Crippen molar-refractivity contribution in [3.8, 4) is 0 Å². The van der Waals surface area contributed by atoms with Gasteiger partial charge in [-0.3, -0.25) is 9.78 Å². The SMILES string of the molecule is O=Cc1cc(Cl)c2[nH]c(=O)oc2c1. The molecule has 0 unspecified atom stereocenters. The van der Waals surface area contributed by atoms with Crippen molar-refractivity contribution >= 4 is 29.0 Å². The van der Waals surface area contributed by atoms with E-state index in [9.17, 15) is 9.59 Å². The number of oxazole rings is 1. The van der Waals surface area contributed by atoms with Crippen molar-refractivity contribution in [3.63, 3.8) is 0 Å². The van der Waals surface area contributed by atoms with Gasteiger partial charge in [0.1, 0.15) is 11.8 Å². The zero-order valence-corrected chi connectivity index (χ0v) is 7.09. The van der Waals surface area contributed by atoms with Gasteiger partial charge < -0.3 is 4.42 Å². The molecule has 1 N–H and O–H groups in total. The highest BCUT2D eigenvalue weighted by Gasteiger charge is 2.06. The summed E-state index contributed by atoms with van der Waals surface area (Å²) < 4.78 is 4.74. The monoisotopic (exact) mass is 197 g/mol. The molecule has 0 spiro atoms.